The predicted octanol–water partition coefficient (Wildman–Crippen LogP) is 2.76. The van der Waals surface area contributed by atoms with Crippen LogP contribution in [0.4, 0.5) is 0 Å². The van der Waals surface area contributed by atoms with Crippen molar-refractivity contribution in [2.24, 2.45) is 0 Å². The van der Waals surface area contributed by atoms with E-state index in [9.17, 15) is 5.11 Å². The highest BCUT2D eigenvalue weighted by Crippen LogP contribution is 2.20. The van der Waals surface area contributed by atoms with Gasteiger partial charge in [-0.25, -0.2) is 4.98 Å². The summed E-state index contributed by atoms with van der Waals surface area (Å²) in [6.45, 7) is 7.14. The summed E-state index contributed by atoms with van der Waals surface area (Å²) >= 11 is 1.71. The van der Waals surface area contributed by atoms with Crippen LogP contribution >= 0.6 is 11.3 Å². The zero-order valence-corrected chi connectivity index (χ0v) is 12.4. The molecule has 1 heterocycles. The van der Waals surface area contributed by atoms with Crippen molar-refractivity contribution in [3.63, 3.8) is 0 Å². The lowest BCUT2D eigenvalue weighted by molar-refractivity contribution is 0.0567. The number of hydrogen-bond donors (Lipinski definition) is 2. The lowest BCUT2D eigenvalue weighted by atomic mass is 9.96. The zero-order valence-electron chi connectivity index (χ0n) is 11.6. The van der Waals surface area contributed by atoms with Crippen LogP contribution in [0.2, 0.25) is 0 Å². The molecule has 1 aromatic heterocycles. The van der Waals surface area contributed by atoms with Crippen molar-refractivity contribution < 1.29 is 5.11 Å². The van der Waals surface area contributed by atoms with Crippen LogP contribution in [0.5, 0.6) is 0 Å². The topological polar surface area (TPSA) is 45.2 Å². The van der Waals surface area contributed by atoms with Crippen LogP contribution in [0.25, 0.3) is 0 Å². The largest absolute Gasteiger partial charge is 0.384 e. The molecule has 0 saturated carbocycles. The molecule has 1 atom stereocenters. The van der Waals surface area contributed by atoms with Crippen LogP contribution in [-0.2, 0) is 12.1 Å². The molecule has 0 aliphatic rings. The van der Waals surface area contributed by atoms with E-state index < -0.39 is 5.60 Å². The van der Waals surface area contributed by atoms with E-state index in [0.29, 0.717) is 6.54 Å². The van der Waals surface area contributed by atoms with Gasteiger partial charge in [-0.3, -0.25) is 0 Å². The molecule has 2 N–H and O–H groups in total. The van der Waals surface area contributed by atoms with Crippen LogP contribution in [0, 0.1) is 13.8 Å². The second-order valence-corrected chi connectivity index (χ2v) is 6.27. The molecule has 0 bridgehead atoms. The van der Waals surface area contributed by atoms with Crippen molar-refractivity contribution in [2.75, 3.05) is 6.54 Å². The smallest absolute Gasteiger partial charge is 0.0992 e. The average Bonchev–Trinajstić information content (AvgIpc) is 2.69. The van der Waals surface area contributed by atoms with Gasteiger partial charge in [0, 0.05) is 18.0 Å². The predicted molar refractivity (Wildman–Crippen MR) is 79.3 cm³/mol. The van der Waals surface area contributed by atoms with Gasteiger partial charge in [0.15, 0.2) is 0 Å². The first-order chi connectivity index (χ1) is 8.99. The van der Waals surface area contributed by atoms with E-state index in [0.717, 1.165) is 22.8 Å². The highest BCUT2D eigenvalue weighted by Gasteiger charge is 2.22. The van der Waals surface area contributed by atoms with Gasteiger partial charge in [-0.2, -0.15) is 0 Å². The van der Waals surface area contributed by atoms with Gasteiger partial charge >= 0.3 is 0 Å². The van der Waals surface area contributed by atoms with E-state index >= 15 is 0 Å². The number of nitrogens with zero attached hydrogens (tertiary/aromatic N) is 1. The SMILES string of the molecule is Cc1nc(C)c(CNCC(C)(O)c2ccccc2)s1. The van der Waals surface area contributed by atoms with Gasteiger partial charge in [0.05, 0.1) is 16.3 Å². The minimum absolute atomic E-state index is 0.521. The monoisotopic (exact) mass is 276 g/mol. The van der Waals surface area contributed by atoms with Crippen molar-refractivity contribution in [1.82, 2.24) is 10.3 Å². The number of aromatic nitrogens is 1. The average molecular weight is 276 g/mol. The van der Waals surface area contributed by atoms with Gasteiger partial charge in [0.1, 0.15) is 0 Å². The number of benzene rings is 1. The van der Waals surface area contributed by atoms with E-state index in [1.807, 2.05) is 51.1 Å². The molecule has 4 heteroatoms. The molecule has 0 radical (unpaired) electrons. The first-order valence-electron chi connectivity index (χ1n) is 6.40. The third-order valence-corrected chi connectivity index (χ3v) is 4.22. The third-order valence-electron chi connectivity index (χ3n) is 3.15. The Morgan fingerprint density at radius 2 is 1.95 bits per heavy atom. The van der Waals surface area contributed by atoms with Gasteiger partial charge in [0.25, 0.3) is 0 Å². The Hall–Kier alpha value is -1.23. The molecular formula is C15H20N2OS. The molecule has 0 fully saturated rings. The van der Waals surface area contributed by atoms with Crippen LogP contribution in [0.15, 0.2) is 30.3 Å². The summed E-state index contributed by atoms with van der Waals surface area (Å²) in [4.78, 5) is 5.64. The molecule has 0 aliphatic carbocycles. The van der Waals surface area contributed by atoms with Crippen molar-refractivity contribution in [1.29, 1.82) is 0 Å². The molecule has 0 spiro atoms. The molecule has 0 amide bonds. The standard InChI is InChI=1S/C15H20N2OS/c1-11-14(19-12(2)17-11)9-16-10-15(3,18)13-7-5-4-6-8-13/h4-8,16,18H,9-10H2,1-3H3. The summed E-state index contributed by atoms with van der Waals surface area (Å²) in [6, 6.07) is 9.74. The molecular weight excluding hydrogens is 256 g/mol. The van der Waals surface area contributed by atoms with Gasteiger partial charge in [-0.15, -0.1) is 11.3 Å². The van der Waals surface area contributed by atoms with Crippen molar-refractivity contribution in [3.8, 4) is 0 Å². The summed E-state index contributed by atoms with van der Waals surface area (Å²) in [6.07, 6.45) is 0. The summed E-state index contributed by atoms with van der Waals surface area (Å²) in [5, 5.41) is 14.9. The fraction of sp³-hybridized carbons (Fsp3) is 0.400. The molecule has 0 aliphatic heterocycles. The Balaban J connectivity index is 1.94. The number of rotatable bonds is 5. The molecule has 3 nitrogen and oxygen atoms in total. The number of hydrogen-bond acceptors (Lipinski definition) is 4. The maximum atomic E-state index is 10.5. The summed E-state index contributed by atoms with van der Waals surface area (Å²) < 4.78 is 0. The summed E-state index contributed by atoms with van der Waals surface area (Å²) in [7, 11) is 0. The zero-order chi connectivity index (χ0) is 13.9. The van der Waals surface area contributed by atoms with Gasteiger partial charge in [0.2, 0.25) is 0 Å². The van der Waals surface area contributed by atoms with Crippen molar-refractivity contribution >= 4 is 11.3 Å². The second-order valence-electron chi connectivity index (χ2n) is 4.98. The van der Waals surface area contributed by atoms with E-state index in [4.69, 9.17) is 0 Å². The third kappa shape index (κ3) is 3.62. The molecule has 2 rings (SSSR count). The Morgan fingerprint density at radius 3 is 2.53 bits per heavy atom. The number of thiazole rings is 1. The highest BCUT2D eigenvalue weighted by atomic mass is 32.1. The van der Waals surface area contributed by atoms with E-state index in [1.165, 1.54) is 4.88 Å². The first-order valence-corrected chi connectivity index (χ1v) is 7.22. The van der Waals surface area contributed by atoms with E-state index in [2.05, 4.69) is 10.3 Å². The first kappa shape index (κ1) is 14.2. The van der Waals surface area contributed by atoms with E-state index in [-0.39, 0.29) is 0 Å². The van der Waals surface area contributed by atoms with Crippen LogP contribution in [-0.4, -0.2) is 16.6 Å². The minimum atomic E-state index is -0.852. The summed E-state index contributed by atoms with van der Waals surface area (Å²) in [5.74, 6) is 0. The number of aryl methyl sites for hydroxylation is 2. The molecule has 19 heavy (non-hydrogen) atoms. The second kappa shape index (κ2) is 5.82. The molecule has 2 aromatic rings. The Labute approximate surface area is 118 Å². The van der Waals surface area contributed by atoms with Crippen molar-refractivity contribution in [2.45, 2.75) is 32.9 Å². The van der Waals surface area contributed by atoms with Gasteiger partial charge < -0.3 is 10.4 Å². The Kier molecular flexibility index (Phi) is 4.34. The quantitative estimate of drug-likeness (QED) is 0.882. The number of aliphatic hydroxyl groups is 1. The lowest BCUT2D eigenvalue weighted by Gasteiger charge is -2.24. The van der Waals surface area contributed by atoms with Crippen LogP contribution < -0.4 is 5.32 Å². The molecule has 1 unspecified atom stereocenters. The normalized spacial score (nSPS) is 14.3. The maximum Gasteiger partial charge on any atom is 0.0992 e. The Morgan fingerprint density at radius 1 is 1.26 bits per heavy atom. The fourth-order valence-corrected chi connectivity index (χ4v) is 2.96. The van der Waals surface area contributed by atoms with Crippen LogP contribution in [0.3, 0.4) is 0 Å². The number of nitrogens with one attached hydrogen (secondary N) is 1. The molecule has 0 saturated heterocycles. The van der Waals surface area contributed by atoms with Gasteiger partial charge in [-0.1, -0.05) is 30.3 Å². The van der Waals surface area contributed by atoms with E-state index in [1.54, 1.807) is 11.3 Å². The maximum absolute atomic E-state index is 10.5. The van der Waals surface area contributed by atoms with Crippen LogP contribution in [0.1, 0.15) is 28.1 Å². The summed E-state index contributed by atoms with van der Waals surface area (Å²) in [5.41, 5.74) is 1.16. The highest BCUT2D eigenvalue weighted by molar-refractivity contribution is 7.11. The molecule has 102 valence electrons. The lowest BCUT2D eigenvalue weighted by Crippen LogP contribution is -2.35. The molecule has 1 aromatic carbocycles. The van der Waals surface area contributed by atoms with Crippen molar-refractivity contribution in [3.05, 3.63) is 51.5 Å². The van der Waals surface area contributed by atoms with Gasteiger partial charge in [-0.05, 0) is 26.3 Å². The fourth-order valence-electron chi connectivity index (χ4n) is 2.06. The minimum Gasteiger partial charge on any atom is -0.384 e. The Bertz CT molecular complexity index is 534.